The summed E-state index contributed by atoms with van der Waals surface area (Å²) >= 11 is 0. The molecule has 1 aromatic carbocycles. The van der Waals surface area contributed by atoms with Crippen molar-refractivity contribution < 1.29 is 9.53 Å². The molecule has 3 aliphatic rings. The molecule has 2 aliphatic carbocycles. The molecule has 1 amide bonds. The summed E-state index contributed by atoms with van der Waals surface area (Å²) in [7, 11) is 0. The first kappa shape index (κ1) is 23.6. The zero-order chi connectivity index (χ0) is 23.4. The highest BCUT2D eigenvalue weighted by atomic mass is 16.5. The summed E-state index contributed by atoms with van der Waals surface area (Å²) < 4.78 is 7.58. The molecule has 1 unspecified atom stereocenters. The van der Waals surface area contributed by atoms with Gasteiger partial charge in [-0.2, -0.15) is 5.10 Å². The average molecular weight is 465 g/mol. The van der Waals surface area contributed by atoms with Gasteiger partial charge in [-0.15, -0.1) is 0 Å². The molecular weight excluding hydrogens is 424 g/mol. The van der Waals surface area contributed by atoms with Gasteiger partial charge in [-0.1, -0.05) is 56.5 Å². The molecule has 184 valence electrons. The number of nitrogens with one attached hydrogen (secondary N) is 1. The lowest BCUT2D eigenvalue weighted by atomic mass is 9.69. The first-order chi connectivity index (χ1) is 16.7. The molecule has 5 rings (SSSR count). The molecule has 0 bridgehead atoms. The van der Waals surface area contributed by atoms with Crippen molar-refractivity contribution >= 4 is 5.91 Å². The summed E-state index contributed by atoms with van der Waals surface area (Å²) in [5.74, 6) is 0.0862. The second-order valence-electron chi connectivity index (χ2n) is 10.4. The van der Waals surface area contributed by atoms with Crippen LogP contribution in [0.4, 0.5) is 0 Å². The number of hydrogen-bond donors (Lipinski definition) is 1. The second kappa shape index (κ2) is 10.6. The van der Waals surface area contributed by atoms with Crippen LogP contribution in [0.25, 0.3) is 0 Å². The predicted molar refractivity (Wildman–Crippen MR) is 134 cm³/mol. The molecule has 0 spiro atoms. The van der Waals surface area contributed by atoms with Crippen LogP contribution in [0.3, 0.4) is 0 Å². The fourth-order valence-corrected chi connectivity index (χ4v) is 6.27. The Bertz CT molecular complexity index is 958. The van der Waals surface area contributed by atoms with Crippen LogP contribution in [-0.4, -0.2) is 59.5 Å². The van der Waals surface area contributed by atoms with Gasteiger partial charge in [0, 0.05) is 48.9 Å². The molecule has 1 N–H and O–H groups in total. The van der Waals surface area contributed by atoms with Gasteiger partial charge in [0.1, 0.15) is 0 Å². The zero-order valence-corrected chi connectivity index (χ0v) is 20.7. The van der Waals surface area contributed by atoms with E-state index in [4.69, 9.17) is 9.84 Å². The van der Waals surface area contributed by atoms with Gasteiger partial charge in [0.05, 0.1) is 13.2 Å². The van der Waals surface area contributed by atoms with Gasteiger partial charge < -0.3 is 15.0 Å². The van der Waals surface area contributed by atoms with Gasteiger partial charge in [-0.3, -0.25) is 9.48 Å². The van der Waals surface area contributed by atoms with Crippen molar-refractivity contribution in [1.29, 1.82) is 0 Å². The lowest BCUT2D eigenvalue weighted by molar-refractivity contribution is 0.0297. The van der Waals surface area contributed by atoms with E-state index in [0.717, 1.165) is 38.8 Å². The summed E-state index contributed by atoms with van der Waals surface area (Å²) in [6, 6.07) is 11.5. The number of carbonyl (C=O) groups excluding carboxylic acids is 1. The molecule has 2 aromatic rings. The van der Waals surface area contributed by atoms with E-state index in [1.807, 2.05) is 4.90 Å². The predicted octanol–water partition coefficient (Wildman–Crippen LogP) is 4.11. The quantitative estimate of drug-likeness (QED) is 0.670. The molecule has 2 fully saturated rings. The van der Waals surface area contributed by atoms with E-state index in [9.17, 15) is 4.79 Å². The SMILES string of the molecule is CCCn1nc(C(=O)N2CCOCC2)c2c1CCC(NCC1(c3ccccc3)CCCCC1)C2. The third-order valence-electron chi connectivity index (χ3n) is 8.21. The standard InChI is InChI=1S/C28H40N4O2/c1-2-15-32-25-12-11-23(20-24(25)26(30-32)27(33)31-16-18-34-19-17-31)29-21-28(13-7-4-8-14-28)22-9-5-3-6-10-22/h3,5-6,9-10,23,29H,2,4,7-8,11-21H2,1H3. The fraction of sp³-hybridized carbons (Fsp3) is 0.643. The number of ether oxygens (including phenoxy) is 1. The van der Waals surface area contributed by atoms with Crippen LogP contribution in [-0.2, 0) is 29.5 Å². The fourth-order valence-electron chi connectivity index (χ4n) is 6.27. The van der Waals surface area contributed by atoms with Crippen LogP contribution in [0.1, 0.15) is 79.2 Å². The van der Waals surface area contributed by atoms with Gasteiger partial charge in [-0.25, -0.2) is 0 Å². The Balaban J connectivity index is 1.34. The number of amides is 1. The molecule has 0 radical (unpaired) electrons. The molecule has 1 saturated heterocycles. The van der Waals surface area contributed by atoms with Gasteiger partial charge >= 0.3 is 0 Å². The molecule has 6 heteroatoms. The minimum absolute atomic E-state index is 0.0862. The summed E-state index contributed by atoms with van der Waals surface area (Å²) in [6.45, 7) is 6.65. The highest BCUT2D eigenvalue weighted by Crippen LogP contribution is 2.39. The van der Waals surface area contributed by atoms with Crippen molar-refractivity contribution in [3.8, 4) is 0 Å². The zero-order valence-electron chi connectivity index (χ0n) is 20.7. The smallest absolute Gasteiger partial charge is 0.274 e. The molecule has 6 nitrogen and oxygen atoms in total. The van der Waals surface area contributed by atoms with Crippen molar-refractivity contribution in [2.75, 3.05) is 32.8 Å². The summed E-state index contributed by atoms with van der Waals surface area (Å²) in [5.41, 5.74) is 4.88. The molecule has 1 aliphatic heterocycles. The Morgan fingerprint density at radius 1 is 1.15 bits per heavy atom. The van der Waals surface area contributed by atoms with Crippen LogP contribution in [0.2, 0.25) is 0 Å². The van der Waals surface area contributed by atoms with Crippen LogP contribution >= 0.6 is 0 Å². The lowest BCUT2D eigenvalue weighted by Crippen LogP contribution is -2.46. The summed E-state index contributed by atoms with van der Waals surface area (Å²) in [5, 5.41) is 8.84. The molecular formula is C28H40N4O2. The van der Waals surface area contributed by atoms with E-state index in [1.54, 1.807) is 0 Å². The maximum Gasteiger partial charge on any atom is 0.274 e. The van der Waals surface area contributed by atoms with Crippen molar-refractivity contribution in [3.05, 3.63) is 52.8 Å². The van der Waals surface area contributed by atoms with Gasteiger partial charge in [-0.05, 0) is 44.1 Å². The molecule has 1 saturated carbocycles. The molecule has 2 heterocycles. The van der Waals surface area contributed by atoms with E-state index in [-0.39, 0.29) is 11.3 Å². The van der Waals surface area contributed by atoms with Crippen LogP contribution < -0.4 is 5.32 Å². The first-order valence-corrected chi connectivity index (χ1v) is 13.4. The Morgan fingerprint density at radius 3 is 2.65 bits per heavy atom. The third-order valence-corrected chi connectivity index (χ3v) is 8.21. The monoisotopic (exact) mass is 464 g/mol. The van der Waals surface area contributed by atoms with E-state index in [1.165, 1.54) is 48.9 Å². The van der Waals surface area contributed by atoms with Crippen molar-refractivity contribution in [1.82, 2.24) is 20.0 Å². The molecule has 1 atom stereocenters. The summed E-state index contributed by atoms with van der Waals surface area (Å²) in [4.78, 5) is 15.3. The third kappa shape index (κ3) is 4.80. The number of benzene rings is 1. The number of hydrogen-bond acceptors (Lipinski definition) is 4. The Hall–Kier alpha value is -2.18. The van der Waals surface area contributed by atoms with E-state index < -0.39 is 0 Å². The molecule has 34 heavy (non-hydrogen) atoms. The number of aromatic nitrogens is 2. The topological polar surface area (TPSA) is 59.4 Å². The Labute approximate surface area is 204 Å². The summed E-state index contributed by atoms with van der Waals surface area (Å²) in [6.07, 6.45) is 10.5. The van der Waals surface area contributed by atoms with E-state index in [0.29, 0.717) is 38.0 Å². The average Bonchev–Trinajstić information content (AvgIpc) is 3.26. The van der Waals surface area contributed by atoms with Gasteiger partial charge in [0.2, 0.25) is 0 Å². The Morgan fingerprint density at radius 2 is 1.91 bits per heavy atom. The van der Waals surface area contributed by atoms with Crippen molar-refractivity contribution in [2.45, 2.75) is 82.7 Å². The number of carbonyl (C=O) groups is 1. The minimum Gasteiger partial charge on any atom is -0.378 e. The minimum atomic E-state index is 0.0862. The number of rotatable bonds is 7. The highest BCUT2D eigenvalue weighted by molar-refractivity contribution is 5.94. The maximum absolute atomic E-state index is 13.4. The number of aryl methyl sites for hydroxylation is 1. The number of fused-ring (bicyclic) bond motifs is 1. The highest BCUT2D eigenvalue weighted by Gasteiger charge is 2.36. The molecule has 1 aromatic heterocycles. The largest absolute Gasteiger partial charge is 0.378 e. The second-order valence-corrected chi connectivity index (χ2v) is 10.4. The number of morpholine rings is 1. The van der Waals surface area contributed by atoms with E-state index in [2.05, 4.69) is 47.3 Å². The van der Waals surface area contributed by atoms with Gasteiger partial charge in [0.25, 0.3) is 5.91 Å². The Kier molecular flexibility index (Phi) is 7.35. The maximum atomic E-state index is 13.4. The van der Waals surface area contributed by atoms with Crippen LogP contribution in [0.5, 0.6) is 0 Å². The van der Waals surface area contributed by atoms with Crippen molar-refractivity contribution in [2.24, 2.45) is 0 Å². The lowest BCUT2D eigenvalue weighted by Gasteiger charge is -2.40. The van der Waals surface area contributed by atoms with Crippen LogP contribution in [0.15, 0.2) is 30.3 Å². The van der Waals surface area contributed by atoms with E-state index >= 15 is 0 Å². The number of nitrogens with zero attached hydrogens (tertiary/aromatic N) is 3. The normalized spacial score (nSPS) is 22.4. The van der Waals surface area contributed by atoms with Crippen LogP contribution in [0, 0.1) is 0 Å². The van der Waals surface area contributed by atoms with Gasteiger partial charge in [0.15, 0.2) is 5.69 Å². The first-order valence-electron chi connectivity index (χ1n) is 13.4. The van der Waals surface area contributed by atoms with Crippen molar-refractivity contribution in [3.63, 3.8) is 0 Å².